The normalized spacial score (nSPS) is 19.0. The van der Waals surface area contributed by atoms with Gasteiger partial charge in [0, 0.05) is 38.0 Å². The van der Waals surface area contributed by atoms with Crippen molar-refractivity contribution in [3.05, 3.63) is 70.0 Å². The highest BCUT2D eigenvalue weighted by Gasteiger charge is 2.41. The predicted molar refractivity (Wildman–Crippen MR) is 135 cm³/mol. The molecule has 3 atom stereocenters. The van der Waals surface area contributed by atoms with Crippen LogP contribution < -0.4 is 5.32 Å². The third kappa shape index (κ3) is 7.06. The van der Waals surface area contributed by atoms with Gasteiger partial charge in [-0.25, -0.2) is 9.18 Å². The van der Waals surface area contributed by atoms with Gasteiger partial charge in [0.05, 0.1) is 17.2 Å². The molecule has 1 aliphatic heterocycles. The number of amides is 3. The van der Waals surface area contributed by atoms with Crippen LogP contribution in [0.1, 0.15) is 67.0 Å². The molecule has 3 rings (SSSR count). The molecule has 12 heteroatoms. The average Bonchev–Trinajstić information content (AvgIpc) is 2.85. The Balaban J connectivity index is 1.97. The zero-order valence-electron chi connectivity index (χ0n) is 22.8. The molecule has 1 fully saturated rings. The van der Waals surface area contributed by atoms with Crippen LogP contribution in [0.4, 0.5) is 35.5 Å². The van der Waals surface area contributed by atoms with Gasteiger partial charge in [0.15, 0.2) is 0 Å². The van der Waals surface area contributed by atoms with Crippen molar-refractivity contribution in [2.45, 2.75) is 64.5 Å². The van der Waals surface area contributed by atoms with Crippen molar-refractivity contribution >= 4 is 11.9 Å². The van der Waals surface area contributed by atoms with E-state index in [0.29, 0.717) is 23.3 Å². The molecule has 40 heavy (non-hydrogen) atoms. The number of carbonyl (C=O) groups is 2. The second-order valence-electron chi connectivity index (χ2n) is 10.5. The van der Waals surface area contributed by atoms with Crippen molar-refractivity contribution in [1.82, 2.24) is 15.1 Å². The molecule has 0 radical (unpaired) electrons. The summed E-state index contributed by atoms with van der Waals surface area (Å²) in [6.45, 7) is 6.94. The van der Waals surface area contributed by atoms with Crippen molar-refractivity contribution in [2.75, 3.05) is 20.1 Å². The maximum Gasteiger partial charge on any atom is 0.416 e. The molecular weight excluding hydrogens is 543 g/mol. The summed E-state index contributed by atoms with van der Waals surface area (Å²) in [5.74, 6) is -2.32. The second-order valence-corrected chi connectivity index (χ2v) is 10.5. The van der Waals surface area contributed by atoms with Gasteiger partial charge in [0.1, 0.15) is 5.82 Å². The number of aryl methyl sites for hydroxylation is 1. The van der Waals surface area contributed by atoms with Crippen LogP contribution in [0.25, 0.3) is 0 Å². The number of alkyl halides is 6. The van der Waals surface area contributed by atoms with Crippen molar-refractivity contribution in [3.63, 3.8) is 0 Å². The Morgan fingerprint density at radius 3 is 2.05 bits per heavy atom. The van der Waals surface area contributed by atoms with E-state index in [1.54, 1.807) is 25.7 Å². The van der Waals surface area contributed by atoms with Gasteiger partial charge in [-0.3, -0.25) is 4.79 Å². The lowest BCUT2D eigenvalue weighted by Crippen LogP contribution is -2.51. The minimum Gasteiger partial charge on any atom is -0.339 e. The first-order valence-corrected chi connectivity index (χ1v) is 12.8. The lowest BCUT2D eigenvalue weighted by Gasteiger charge is -2.41. The fourth-order valence-corrected chi connectivity index (χ4v) is 5.04. The molecule has 1 heterocycles. The minimum absolute atomic E-state index is 0.0450. The molecule has 0 aliphatic carbocycles. The van der Waals surface area contributed by atoms with Crippen LogP contribution in [-0.4, -0.2) is 47.9 Å². The number of urea groups is 1. The standard InChI is InChI=1S/C28H32F7N3O2/c1-15(2)36-26(40)38-9-8-23(24(14-38)22-7-6-21(29)10-16(22)3)25(39)37(5)17(4)18-11-19(27(30,31)32)13-20(12-18)28(33,34)35/h6-7,10-13,15,17,23-24H,8-9,14H2,1-5H3,(H,36,40)/t17-,23-,24+/m0/s1. The van der Waals surface area contributed by atoms with E-state index in [1.165, 1.54) is 32.2 Å². The zero-order valence-corrected chi connectivity index (χ0v) is 22.8. The van der Waals surface area contributed by atoms with Crippen LogP contribution in [0.5, 0.6) is 0 Å². The maximum atomic E-state index is 13.9. The van der Waals surface area contributed by atoms with E-state index in [-0.39, 0.29) is 43.2 Å². The number of hydrogen-bond donors (Lipinski definition) is 1. The summed E-state index contributed by atoms with van der Waals surface area (Å²) in [5, 5.41) is 2.80. The molecule has 1 saturated heterocycles. The molecule has 5 nitrogen and oxygen atoms in total. The van der Waals surface area contributed by atoms with Gasteiger partial charge < -0.3 is 15.1 Å². The number of benzene rings is 2. The summed E-state index contributed by atoms with van der Waals surface area (Å²) in [7, 11) is 1.33. The Kier molecular flexibility index (Phi) is 9.10. The topological polar surface area (TPSA) is 52.7 Å². The first kappa shape index (κ1) is 31.2. The van der Waals surface area contributed by atoms with Crippen LogP contribution in [0.3, 0.4) is 0 Å². The van der Waals surface area contributed by atoms with Crippen molar-refractivity contribution in [3.8, 4) is 0 Å². The average molecular weight is 576 g/mol. The SMILES string of the molecule is Cc1cc(F)ccc1[C@H]1CN(C(=O)NC(C)C)CC[C@@H]1C(=O)N(C)[C@@H](C)c1cc(C(F)(F)F)cc(C(F)(F)F)c1. The zero-order chi connectivity index (χ0) is 30.2. The fraction of sp³-hybridized carbons (Fsp3) is 0.500. The van der Waals surface area contributed by atoms with Gasteiger partial charge in [-0.2, -0.15) is 26.3 Å². The Bertz CT molecular complexity index is 1210. The maximum absolute atomic E-state index is 13.9. The number of hydrogen-bond acceptors (Lipinski definition) is 2. The Labute approximate surface area is 228 Å². The van der Waals surface area contributed by atoms with E-state index < -0.39 is 53.1 Å². The smallest absolute Gasteiger partial charge is 0.339 e. The molecule has 2 aromatic carbocycles. The number of rotatable bonds is 5. The van der Waals surface area contributed by atoms with E-state index in [2.05, 4.69) is 5.32 Å². The van der Waals surface area contributed by atoms with Crippen LogP contribution in [0.2, 0.25) is 0 Å². The monoisotopic (exact) mass is 575 g/mol. The summed E-state index contributed by atoms with van der Waals surface area (Å²) in [5.41, 5.74) is -2.07. The van der Waals surface area contributed by atoms with Gasteiger partial charge >= 0.3 is 18.4 Å². The molecule has 1 N–H and O–H groups in total. The third-order valence-electron chi connectivity index (χ3n) is 7.28. The van der Waals surface area contributed by atoms with Crippen LogP contribution >= 0.6 is 0 Å². The van der Waals surface area contributed by atoms with Crippen LogP contribution in [0.15, 0.2) is 36.4 Å². The van der Waals surface area contributed by atoms with Gasteiger partial charge in [-0.1, -0.05) is 6.07 Å². The summed E-state index contributed by atoms with van der Waals surface area (Å²) in [6.07, 6.45) is -9.85. The molecule has 0 bridgehead atoms. The molecule has 0 aromatic heterocycles. The van der Waals surface area contributed by atoms with Gasteiger partial charge in [-0.15, -0.1) is 0 Å². The quantitative estimate of drug-likeness (QED) is 0.394. The van der Waals surface area contributed by atoms with Crippen molar-refractivity contribution in [1.29, 1.82) is 0 Å². The highest BCUT2D eigenvalue weighted by Crippen LogP contribution is 2.40. The van der Waals surface area contributed by atoms with Crippen molar-refractivity contribution < 1.29 is 40.3 Å². The number of nitrogens with zero attached hydrogens (tertiary/aromatic N) is 2. The molecule has 3 amide bonds. The lowest BCUT2D eigenvalue weighted by molar-refractivity contribution is -0.143. The molecule has 2 aromatic rings. The number of nitrogens with one attached hydrogen (secondary N) is 1. The molecule has 0 spiro atoms. The van der Waals surface area contributed by atoms with Crippen molar-refractivity contribution in [2.24, 2.45) is 5.92 Å². The number of carbonyl (C=O) groups excluding carboxylic acids is 2. The van der Waals surface area contributed by atoms with Gasteiger partial charge in [-0.05, 0) is 81.1 Å². The summed E-state index contributed by atoms with van der Waals surface area (Å²) in [4.78, 5) is 29.2. The van der Waals surface area contributed by atoms with E-state index in [4.69, 9.17) is 0 Å². The summed E-state index contributed by atoms with van der Waals surface area (Å²) >= 11 is 0. The summed E-state index contributed by atoms with van der Waals surface area (Å²) in [6, 6.07) is 3.74. The first-order valence-electron chi connectivity index (χ1n) is 12.8. The Hall–Kier alpha value is -3.31. The fourth-order valence-electron chi connectivity index (χ4n) is 5.04. The highest BCUT2D eigenvalue weighted by molar-refractivity contribution is 5.81. The lowest BCUT2D eigenvalue weighted by atomic mass is 9.78. The number of halogens is 7. The number of piperidine rings is 1. The van der Waals surface area contributed by atoms with Crippen LogP contribution in [-0.2, 0) is 17.1 Å². The van der Waals surface area contributed by atoms with E-state index >= 15 is 0 Å². The molecule has 0 saturated carbocycles. The third-order valence-corrected chi connectivity index (χ3v) is 7.28. The largest absolute Gasteiger partial charge is 0.416 e. The minimum atomic E-state index is -5.02. The Morgan fingerprint density at radius 1 is 0.975 bits per heavy atom. The van der Waals surface area contributed by atoms with Gasteiger partial charge in [0.2, 0.25) is 5.91 Å². The highest BCUT2D eigenvalue weighted by atomic mass is 19.4. The predicted octanol–water partition coefficient (Wildman–Crippen LogP) is 6.91. The molecule has 0 unspecified atom stereocenters. The van der Waals surface area contributed by atoms with Gasteiger partial charge in [0.25, 0.3) is 0 Å². The first-order chi connectivity index (χ1) is 18.4. The van der Waals surface area contributed by atoms with E-state index in [9.17, 15) is 40.3 Å². The van der Waals surface area contributed by atoms with Crippen LogP contribution in [0, 0.1) is 18.7 Å². The molecule has 1 aliphatic rings. The molecular formula is C28H32F7N3O2. The Morgan fingerprint density at radius 2 is 1.55 bits per heavy atom. The summed E-state index contributed by atoms with van der Waals surface area (Å²) < 4.78 is 94.4. The van der Waals surface area contributed by atoms with E-state index in [1.807, 2.05) is 0 Å². The van der Waals surface area contributed by atoms with E-state index in [0.717, 1.165) is 4.90 Å². The second kappa shape index (κ2) is 11.7. The number of likely N-dealkylation sites (tertiary alicyclic amines) is 1. The molecule has 220 valence electrons.